The quantitative estimate of drug-likeness (QED) is 0.632. The minimum absolute atomic E-state index is 0.933. The van der Waals surface area contributed by atoms with Gasteiger partial charge in [0.05, 0.1) is 12.0 Å². The van der Waals surface area contributed by atoms with Crippen LogP contribution in [0.25, 0.3) is 0 Å². The first-order valence-electron chi connectivity index (χ1n) is 4.94. The molecule has 2 heteroatoms. The average molecular weight is 176 g/mol. The second kappa shape index (κ2) is 3.36. The zero-order valence-electron chi connectivity index (χ0n) is 8.21. The fourth-order valence-electron chi connectivity index (χ4n) is 1.96. The van der Waals surface area contributed by atoms with E-state index in [4.69, 9.17) is 0 Å². The number of allylic oxidation sites excluding steroid dienone is 1. The van der Waals surface area contributed by atoms with E-state index in [1.165, 1.54) is 42.6 Å². The fraction of sp³-hybridized carbons (Fsp3) is 0.545. The number of rotatable bonds is 2. The molecule has 0 saturated heterocycles. The Morgan fingerprint density at radius 2 is 2.31 bits per heavy atom. The molecule has 0 atom stereocenters. The van der Waals surface area contributed by atoms with Crippen molar-refractivity contribution in [2.24, 2.45) is 0 Å². The molecular weight excluding hydrogens is 160 g/mol. The molecule has 0 unspecified atom stereocenters. The topological polar surface area (TPSA) is 17.8 Å². The predicted octanol–water partition coefficient (Wildman–Crippen LogP) is 2.34. The van der Waals surface area contributed by atoms with Gasteiger partial charge in [0.2, 0.25) is 0 Å². The Hall–Kier alpha value is -1.05. The lowest BCUT2D eigenvalue weighted by atomic mass is 10.0. The zero-order valence-corrected chi connectivity index (χ0v) is 8.21. The van der Waals surface area contributed by atoms with E-state index in [2.05, 4.69) is 23.1 Å². The molecule has 70 valence electrons. The van der Waals surface area contributed by atoms with Crippen molar-refractivity contribution in [2.45, 2.75) is 39.2 Å². The highest BCUT2D eigenvalue weighted by atomic mass is 15.1. The molecule has 0 radical (unpaired) electrons. The minimum Gasteiger partial charge on any atom is -0.330 e. The molecule has 0 fully saturated rings. The highest BCUT2D eigenvalue weighted by Crippen LogP contribution is 2.20. The lowest BCUT2D eigenvalue weighted by Crippen LogP contribution is -2.08. The predicted molar refractivity (Wildman–Crippen MR) is 53.7 cm³/mol. The lowest BCUT2D eigenvalue weighted by molar-refractivity contribution is 0.626. The maximum atomic E-state index is 4.43. The van der Waals surface area contributed by atoms with E-state index in [1.807, 2.05) is 6.33 Å². The average Bonchev–Trinajstić information content (AvgIpc) is 2.48. The number of fused-ring (bicyclic) bond motifs is 1. The van der Waals surface area contributed by atoms with Gasteiger partial charge in [-0.2, -0.15) is 0 Å². The van der Waals surface area contributed by atoms with Crippen molar-refractivity contribution in [1.82, 2.24) is 9.55 Å². The lowest BCUT2D eigenvalue weighted by Gasteiger charge is -2.13. The third-order valence-electron chi connectivity index (χ3n) is 2.55. The monoisotopic (exact) mass is 176 g/mol. The summed E-state index contributed by atoms with van der Waals surface area (Å²) < 4.78 is 2.25. The van der Waals surface area contributed by atoms with Gasteiger partial charge in [-0.05, 0) is 32.6 Å². The fourth-order valence-corrected chi connectivity index (χ4v) is 1.96. The van der Waals surface area contributed by atoms with E-state index in [9.17, 15) is 0 Å². The van der Waals surface area contributed by atoms with Crippen LogP contribution in [-0.2, 0) is 19.4 Å². The van der Waals surface area contributed by atoms with Gasteiger partial charge in [-0.25, -0.2) is 4.98 Å². The van der Waals surface area contributed by atoms with Gasteiger partial charge < -0.3 is 4.57 Å². The summed E-state index contributed by atoms with van der Waals surface area (Å²) >= 11 is 0. The van der Waals surface area contributed by atoms with Crippen LogP contribution < -0.4 is 0 Å². The van der Waals surface area contributed by atoms with Crippen molar-refractivity contribution < 1.29 is 0 Å². The van der Waals surface area contributed by atoms with Crippen LogP contribution in [0.1, 0.15) is 31.2 Å². The summed E-state index contributed by atoms with van der Waals surface area (Å²) in [6.07, 6.45) is 6.94. The smallest absolute Gasteiger partial charge is 0.0954 e. The van der Waals surface area contributed by atoms with E-state index >= 15 is 0 Å². The molecule has 1 aromatic heterocycles. The molecule has 0 spiro atoms. The summed E-state index contributed by atoms with van der Waals surface area (Å²) in [7, 11) is 0. The summed E-state index contributed by atoms with van der Waals surface area (Å²) in [5.74, 6) is 0. The van der Waals surface area contributed by atoms with Gasteiger partial charge in [0.15, 0.2) is 0 Å². The van der Waals surface area contributed by atoms with Gasteiger partial charge in [0.25, 0.3) is 0 Å². The van der Waals surface area contributed by atoms with Gasteiger partial charge in [-0.3, -0.25) is 0 Å². The Labute approximate surface area is 79.3 Å². The summed E-state index contributed by atoms with van der Waals surface area (Å²) in [5.41, 5.74) is 3.95. The van der Waals surface area contributed by atoms with Crippen molar-refractivity contribution in [3.63, 3.8) is 0 Å². The molecule has 0 bridgehead atoms. The molecule has 1 aromatic rings. The molecule has 1 heterocycles. The molecular formula is C11H16N2. The third kappa shape index (κ3) is 1.67. The summed E-state index contributed by atoms with van der Waals surface area (Å²) in [6.45, 7) is 6.93. The van der Waals surface area contributed by atoms with Crippen LogP contribution in [-0.4, -0.2) is 9.55 Å². The van der Waals surface area contributed by atoms with Crippen molar-refractivity contribution in [3.05, 3.63) is 29.9 Å². The van der Waals surface area contributed by atoms with E-state index in [0.29, 0.717) is 0 Å². The van der Waals surface area contributed by atoms with Crippen molar-refractivity contribution in [1.29, 1.82) is 0 Å². The minimum atomic E-state index is 0.933. The number of imidazole rings is 1. The van der Waals surface area contributed by atoms with Crippen LogP contribution in [0.2, 0.25) is 0 Å². The van der Waals surface area contributed by atoms with Crippen LogP contribution in [0.4, 0.5) is 0 Å². The molecule has 2 rings (SSSR count). The maximum Gasteiger partial charge on any atom is 0.0954 e. The molecule has 0 N–H and O–H groups in total. The zero-order chi connectivity index (χ0) is 9.26. The molecule has 0 saturated carbocycles. The van der Waals surface area contributed by atoms with Crippen molar-refractivity contribution >= 4 is 0 Å². The Bertz CT molecular complexity index is 323. The Morgan fingerprint density at radius 3 is 3.08 bits per heavy atom. The van der Waals surface area contributed by atoms with Gasteiger partial charge >= 0.3 is 0 Å². The summed E-state index contributed by atoms with van der Waals surface area (Å²) in [4.78, 5) is 4.43. The molecule has 2 nitrogen and oxygen atoms in total. The first-order chi connectivity index (χ1) is 6.27. The number of hydrogen-bond acceptors (Lipinski definition) is 1. The van der Waals surface area contributed by atoms with Gasteiger partial charge in [-0.1, -0.05) is 12.2 Å². The second-order valence-electron chi connectivity index (χ2n) is 3.93. The SMILES string of the molecule is C=C(C)Cn1cnc2c1CCCC2. The van der Waals surface area contributed by atoms with Crippen LogP contribution in [0, 0.1) is 0 Å². The number of hydrogen-bond donors (Lipinski definition) is 0. The molecule has 0 amide bonds. The number of aromatic nitrogens is 2. The molecule has 13 heavy (non-hydrogen) atoms. The van der Waals surface area contributed by atoms with E-state index < -0.39 is 0 Å². The first kappa shape index (κ1) is 8.54. The van der Waals surface area contributed by atoms with Crippen molar-refractivity contribution in [2.75, 3.05) is 0 Å². The molecule has 1 aliphatic carbocycles. The highest BCUT2D eigenvalue weighted by molar-refractivity contribution is 5.17. The van der Waals surface area contributed by atoms with E-state index in [-0.39, 0.29) is 0 Å². The van der Waals surface area contributed by atoms with Crippen LogP contribution >= 0.6 is 0 Å². The Balaban J connectivity index is 2.26. The largest absolute Gasteiger partial charge is 0.330 e. The first-order valence-corrected chi connectivity index (χ1v) is 4.94. The summed E-state index contributed by atoms with van der Waals surface area (Å²) in [5, 5.41) is 0. The van der Waals surface area contributed by atoms with E-state index in [1.54, 1.807) is 0 Å². The van der Waals surface area contributed by atoms with Crippen LogP contribution in [0.5, 0.6) is 0 Å². The van der Waals surface area contributed by atoms with Crippen LogP contribution in [0.15, 0.2) is 18.5 Å². The standard InChI is InChI=1S/C11H16N2/c1-9(2)7-13-8-12-10-5-3-4-6-11(10)13/h8H,1,3-7H2,2H3. The molecule has 0 aliphatic heterocycles. The highest BCUT2D eigenvalue weighted by Gasteiger charge is 2.14. The van der Waals surface area contributed by atoms with Crippen molar-refractivity contribution in [3.8, 4) is 0 Å². The normalized spacial score (nSPS) is 15.5. The Morgan fingerprint density at radius 1 is 1.54 bits per heavy atom. The van der Waals surface area contributed by atoms with Gasteiger partial charge in [-0.15, -0.1) is 0 Å². The third-order valence-corrected chi connectivity index (χ3v) is 2.55. The number of aryl methyl sites for hydroxylation is 1. The van der Waals surface area contributed by atoms with Gasteiger partial charge in [0.1, 0.15) is 0 Å². The number of nitrogens with zero attached hydrogens (tertiary/aromatic N) is 2. The summed E-state index contributed by atoms with van der Waals surface area (Å²) in [6, 6.07) is 0. The maximum absolute atomic E-state index is 4.43. The second-order valence-corrected chi connectivity index (χ2v) is 3.93. The van der Waals surface area contributed by atoms with Crippen LogP contribution in [0.3, 0.4) is 0 Å². The molecule has 0 aromatic carbocycles. The molecule has 1 aliphatic rings. The van der Waals surface area contributed by atoms with E-state index in [0.717, 1.165) is 6.54 Å². The van der Waals surface area contributed by atoms with Gasteiger partial charge in [0, 0.05) is 12.2 Å². The Kier molecular flexibility index (Phi) is 2.21.